The molecule has 1 saturated carbocycles. The number of aryl methyl sites for hydroxylation is 1. The maximum Gasteiger partial charge on any atom is 0.262 e. The Balaban J connectivity index is 2.20. The third kappa shape index (κ3) is 2.56. The van der Waals surface area contributed by atoms with Crippen molar-refractivity contribution in [2.24, 2.45) is 5.73 Å². The largest absolute Gasteiger partial charge is 0.384 e. The number of nitrogens with one attached hydrogen (secondary N) is 1. The molecular weight excluding hydrogens is 274 g/mol. The Morgan fingerprint density at radius 2 is 1.77 bits per heavy atom. The van der Waals surface area contributed by atoms with Crippen LogP contribution in [0.5, 0.6) is 0 Å². The Hall–Kier alpha value is -2.36. The Morgan fingerprint density at radius 1 is 1.14 bits per heavy atom. The maximum absolute atomic E-state index is 12.8. The van der Waals surface area contributed by atoms with E-state index >= 15 is 0 Å². The quantitative estimate of drug-likeness (QED) is 0.674. The third-order valence-corrected chi connectivity index (χ3v) is 4.44. The molecule has 1 aliphatic rings. The van der Waals surface area contributed by atoms with E-state index < -0.39 is 0 Å². The predicted molar refractivity (Wildman–Crippen MR) is 89.4 cm³/mol. The summed E-state index contributed by atoms with van der Waals surface area (Å²) >= 11 is 0. The van der Waals surface area contributed by atoms with Gasteiger partial charge in [-0.3, -0.25) is 10.2 Å². The minimum Gasteiger partial charge on any atom is -0.384 e. The smallest absolute Gasteiger partial charge is 0.262 e. The second kappa shape index (κ2) is 5.79. The van der Waals surface area contributed by atoms with E-state index in [1.165, 1.54) is 5.56 Å². The molecule has 114 valence electrons. The molecule has 0 bridgehead atoms. The van der Waals surface area contributed by atoms with Crippen LogP contribution in [0.4, 0.5) is 0 Å². The number of aromatic nitrogens is 1. The zero-order valence-electron chi connectivity index (χ0n) is 12.8. The van der Waals surface area contributed by atoms with Crippen molar-refractivity contribution in [3.8, 4) is 11.3 Å². The summed E-state index contributed by atoms with van der Waals surface area (Å²) in [5.74, 6) is -0.160. The molecule has 2 aromatic rings. The van der Waals surface area contributed by atoms with Crippen molar-refractivity contribution in [1.29, 1.82) is 5.41 Å². The number of hydrogen-bond acceptors (Lipinski definition) is 2. The highest BCUT2D eigenvalue weighted by Gasteiger charge is 2.22. The summed E-state index contributed by atoms with van der Waals surface area (Å²) in [6, 6.07) is 12.0. The molecule has 1 fully saturated rings. The van der Waals surface area contributed by atoms with Crippen molar-refractivity contribution in [2.75, 3.05) is 0 Å². The summed E-state index contributed by atoms with van der Waals surface area (Å²) in [5.41, 5.74) is 8.86. The highest BCUT2D eigenvalue weighted by atomic mass is 16.1. The van der Waals surface area contributed by atoms with Crippen molar-refractivity contribution < 1.29 is 0 Å². The summed E-state index contributed by atoms with van der Waals surface area (Å²) < 4.78 is 1.86. The molecule has 4 nitrogen and oxygen atoms in total. The first-order valence-corrected chi connectivity index (χ1v) is 7.75. The van der Waals surface area contributed by atoms with E-state index in [4.69, 9.17) is 11.1 Å². The first-order chi connectivity index (χ1) is 10.6. The van der Waals surface area contributed by atoms with Gasteiger partial charge in [-0.05, 0) is 37.5 Å². The number of rotatable bonds is 3. The third-order valence-electron chi connectivity index (χ3n) is 4.44. The van der Waals surface area contributed by atoms with E-state index in [1.54, 1.807) is 6.07 Å². The lowest BCUT2D eigenvalue weighted by Gasteiger charge is -2.20. The van der Waals surface area contributed by atoms with Gasteiger partial charge in [-0.15, -0.1) is 0 Å². The van der Waals surface area contributed by atoms with Crippen LogP contribution in [0.2, 0.25) is 0 Å². The van der Waals surface area contributed by atoms with Crippen LogP contribution in [0.15, 0.2) is 41.2 Å². The van der Waals surface area contributed by atoms with Gasteiger partial charge < -0.3 is 10.3 Å². The zero-order chi connectivity index (χ0) is 15.7. The molecule has 0 atom stereocenters. The molecule has 22 heavy (non-hydrogen) atoms. The van der Waals surface area contributed by atoms with Crippen LogP contribution in [0, 0.1) is 12.3 Å². The molecule has 1 aromatic carbocycles. The van der Waals surface area contributed by atoms with Gasteiger partial charge in [0.25, 0.3) is 5.56 Å². The first kappa shape index (κ1) is 14.6. The first-order valence-electron chi connectivity index (χ1n) is 7.75. The van der Waals surface area contributed by atoms with Crippen LogP contribution >= 0.6 is 0 Å². The topological polar surface area (TPSA) is 71.9 Å². The lowest BCUT2D eigenvalue weighted by atomic mass is 10.1. The molecule has 1 heterocycles. The van der Waals surface area contributed by atoms with Crippen LogP contribution in [-0.4, -0.2) is 10.4 Å². The highest BCUT2D eigenvalue weighted by molar-refractivity contribution is 5.94. The van der Waals surface area contributed by atoms with Crippen molar-refractivity contribution in [1.82, 2.24) is 4.57 Å². The fourth-order valence-electron chi connectivity index (χ4n) is 3.24. The fraction of sp³-hybridized carbons (Fsp3) is 0.333. The molecule has 3 rings (SSSR count). The van der Waals surface area contributed by atoms with Crippen LogP contribution in [0.3, 0.4) is 0 Å². The highest BCUT2D eigenvalue weighted by Crippen LogP contribution is 2.32. The minimum atomic E-state index is -0.160. The average Bonchev–Trinajstić information content (AvgIpc) is 3.01. The number of benzene rings is 1. The minimum absolute atomic E-state index is 0.141. The molecule has 0 amide bonds. The van der Waals surface area contributed by atoms with Gasteiger partial charge in [0.1, 0.15) is 5.84 Å². The van der Waals surface area contributed by atoms with E-state index in [1.807, 2.05) is 29.7 Å². The second-order valence-corrected chi connectivity index (χ2v) is 6.03. The van der Waals surface area contributed by atoms with Crippen LogP contribution < -0.4 is 11.3 Å². The molecule has 0 unspecified atom stereocenters. The molecule has 4 heteroatoms. The molecule has 1 aliphatic carbocycles. The van der Waals surface area contributed by atoms with Crippen molar-refractivity contribution in [2.45, 2.75) is 38.6 Å². The van der Waals surface area contributed by atoms with Gasteiger partial charge in [0.15, 0.2) is 0 Å². The number of amidine groups is 1. The predicted octanol–water partition coefficient (Wildman–Crippen LogP) is 3.22. The number of nitrogens with two attached hydrogens (primary N) is 1. The Labute approximate surface area is 130 Å². The van der Waals surface area contributed by atoms with Gasteiger partial charge in [-0.25, -0.2) is 0 Å². The van der Waals surface area contributed by atoms with Gasteiger partial charge in [0.05, 0.1) is 11.3 Å². The number of pyridine rings is 1. The second-order valence-electron chi connectivity index (χ2n) is 6.03. The zero-order valence-corrected chi connectivity index (χ0v) is 12.8. The Bertz CT molecular complexity index is 753. The monoisotopic (exact) mass is 295 g/mol. The molecule has 0 aliphatic heterocycles. The van der Waals surface area contributed by atoms with E-state index in [2.05, 4.69) is 12.1 Å². The summed E-state index contributed by atoms with van der Waals surface area (Å²) in [5, 5.41) is 7.61. The van der Waals surface area contributed by atoms with Gasteiger partial charge in [-0.2, -0.15) is 0 Å². The average molecular weight is 295 g/mol. The standard InChI is InChI=1S/C18H21N3O/c1-12-6-8-13(9-7-12)16-11-10-15(17(19)20)18(22)21(16)14-4-2-3-5-14/h6-11,14H,2-5H2,1H3,(H3,19,20). The molecule has 0 saturated heterocycles. The van der Waals surface area contributed by atoms with Gasteiger partial charge in [0, 0.05) is 6.04 Å². The molecular formula is C18H21N3O. The van der Waals surface area contributed by atoms with E-state index in [9.17, 15) is 4.79 Å². The SMILES string of the molecule is Cc1ccc(-c2ccc(C(=N)N)c(=O)n2C2CCCC2)cc1. The summed E-state index contributed by atoms with van der Waals surface area (Å²) in [6.45, 7) is 2.05. The summed E-state index contributed by atoms with van der Waals surface area (Å²) in [7, 11) is 0. The summed E-state index contributed by atoms with van der Waals surface area (Å²) in [6.07, 6.45) is 4.32. The van der Waals surface area contributed by atoms with E-state index in [-0.39, 0.29) is 17.4 Å². The van der Waals surface area contributed by atoms with Crippen LogP contribution in [-0.2, 0) is 0 Å². The Kier molecular flexibility index (Phi) is 3.84. The normalized spacial score (nSPS) is 15.1. The lowest BCUT2D eigenvalue weighted by Crippen LogP contribution is -2.32. The number of hydrogen-bond donors (Lipinski definition) is 2. The summed E-state index contributed by atoms with van der Waals surface area (Å²) in [4.78, 5) is 12.8. The maximum atomic E-state index is 12.8. The number of nitrogens with zero attached hydrogens (tertiary/aromatic N) is 1. The van der Waals surface area contributed by atoms with E-state index in [0.29, 0.717) is 5.56 Å². The van der Waals surface area contributed by atoms with Crippen LogP contribution in [0.1, 0.15) is 42.9 Å². The van der Waals surface area contributed by atoms with Gasteiger partial charge >= 0.3 is 0 Å². The Morgan fingerprint density at radius 3 is 2.36 bits per heavy atom. The van der Waals surface area contributed by atoms with Gasteiger partial charge in [-0.1, -0.05) is 42.7 Å². The molecule has 0 spiro atoms. The van der Waals surface area contributed by atoms with Crippen molar-refractivity contribution in [3.63, 3.8) is 0 Å². The van der Waals surface area contributed by atoms with Crippen LogP contribution in [0.25, 0.3) is 11.3 Å². The fourth-order valence-corrected chi connectivity index (χ4v) is 3.24. The van der Waals surface area contributed by atoms with Crippen molar-refractivity contribution in [3.05, 3.63) is 57.9 Å². The molecule has 1 aromatic heterocycles. The molecule has 3 N–H and O–H groups in total. The lowest BCUT2D eigenvalue weighted by molar-refractivity contribution is 0.507. The number of nitrogen functional groups attached to an aromatic ring is 1. The van der Waals surface area contributed by atoms with Crippen molar-refractivity contribution >= 4 is 5.84 Å². The van der Waals surface area contributed by atoms with E-state index in [0.717, 1.165) is 36.9 Å². The molecule has 0 radical (unpaired) electrons. The van der Waals surface area contributed by atoms with Gasteiger partial charge in [0.2, 0.25) is 0 Å².